The van der Waals surface area contributed by atoms with Gasteiger partial charge in [-0.2, -0.15) is 0 Å². The highest BCUT2D eigenvalue weighted by Crippen LogP contribution is 2.25. The van der Waals surface area contributed by atoms with E-state index in [1.807, 2.05) is 34.6 Å². The smallest absolute Gasteiger partial charge is 0.220 e. The third kappa shape index (κ3) is 6.14. The number of hydrogen-bond acceptors (Lipinski definition) is 4. The minimum atomic E-state index is -0.421. The Kier molecular flexibility index (Phi) is 6.81. The van der Waals surface area contributed by atoms with Crippen LogP contribution in [0.5, 0.6) is 0 Å². The number of nitrogens with zero attached hydrogens (tertiary/aromatic N) is 1. The number of amides is 1. The lowest BCUT2D eigenvalue weighted by Gasteiger charge is -2.33. The van der Waals surface area contributed by atoms with Crippen LogP contribution in [0.15, 0.2) is 5.38 Å². The first kappa shape index (κ1) is 18.1. The van der Waals surface area contributed by atoms with Crippen molar-refractivity contribution in [1.82, 2.24) is 10.3 Å². The Morgan fingerprint density at radius 3 is 2.67 bits per heavy atom. The van der Waals surface area contributed by atoms with Crippen molar-refractivity contribution in [2.45, 2.75) is 60.0 Å². The molecule has 0 saturated carbocycles. The Bertz CT molecular complexity index is 455. The summed E-state index contributed by atoms with van der Waals surface area (Å²) in [6, 6.07) is 0. The maximum absolute atomic E-state index is 11.9. The molecule has 1 amide bonds. The van der Waals surface area contributed by atoms with Gasteiger partial charge in [0.05, 0.1) is 16.8 Å². The molecule has 0 aliphatic rings. The molecule has 0 saturated heterocycles. The summed E-state index contributed by atoms with van der Waals surface area (Å²) in [5.41, 5.74) is 0.761. The van der Waals surface area contributed by atoms with Gasteiger partial charge >= 0.3 is 0 Å². The number of carbonyl (C=O) groups excluding carboxylic acids is 1. The van der Waals surface area contributed by atoms with E-state index < -0.39 is 6.10 Å². The van der Waals surface area contributed by atoms with Gasteiger partial charge < -0.3 is 10.4 Å². The minimum Gasteiger partial charge on any atom is -0.392 e. The molecule has 0 aromatic carbocycles. The second kappa shape index (κ2) is 7.90. The van der Waals surface area contributed by atoms with Crippen molar-refractivity contribution in [3.05, 3.63) is 16.1 Å². The van der Waals surface area contributed by atoms with Crippen molar-refractivity contribution < 1.29 is 9.90 Å². The van der Waals surface area contributed by atoms with Crippen LogP contribution in [0.25, 0.3) is 0 Å². The first-order chi connectivity index (χ1) is 9.72. The predicted octanol–water partition coefficient (Wildman–Crippen LogP) is 2.93. The Labute approximate surface area is 132 Å². The fourth-order valence-electron chi connectivity index (χ4n) is 2.37. The zero-order chi connectivity index (χ0) is 16.0. The first-order valence-electron chi connectivity index (χ1n) is 7.58. The zero-order valence-electron chi connectivity index (χ0n) is 13.8. The van der Waals surface area contributed by atoms with E-state index in [-0.39, 0.29) is 17.2 Å². The van der Waals surface area contributed by atoms with Gasteiger partial charge in [-0.05, 0) is 25.7 Å². The number of carbonyl (C=O) groups is 1. The highest BCUT2D eigenvalue weighted by atomic mass is 32.1. The van der Waals surface area contributed by atoms with Crippen molar-refractivity contribution in [2.24, 2.45) is 11.3 Å². The summed E-state index contributed by atoms with van der Waals surface area (Å²) in [4.78, 5) is 16.3. The van der Waals surface area contributed by atoms with Crippen molar-refractivity contribution in [3.8, 4) is 0 Å². The zero-order valence-corrected chi connectivity index (χ0v) is 14.6. The molecular weight excluding hydrogens is 284 g/mol. The summed E-state index contributed by atoms with van der Waals surface area (Å²) in [6.45, 7) is 10.4. The minimum absolute atomic E-state index is 0.0472. The van der Waals surface area contributed by atoms with E-state index in [9.17, 15) is 9.90 Å². The van der Waals surface area contributed by atoms with Crippen LogP contribution in [0.2, 0.25) is 0 Å². The van der Waals surface area contributed by atoms with Gasteiger partial charge in [0, 0.05) is 23.8 Å². The van der Waals surface area contributed by atoms with Crippen molar-refractivity contribution >= 4 is 17.2 Å². The molecule has 2 N–H and O–H groups in total. The lowest BCUT2D eigenvalue weighted by molar-refractivity contribution is -0.122. The number of nitrogens with one attached hydrogen (secondary N) is 1. The Balaban J connectivity index is 2.27. The molecule has 0 radical (unpaired) electrons. The van der Waals surface area contributed by atoms with E-state index in [0.717, 1.165) is 23.5 Å². The molecule has 1 aromatic rings. The molecule has 120 valence electrons. The Morgan fingerprint density at radius 1 is 1.48 bits per heavy atom. The molecule has 1 unspecified atom stereocenters. The highest BCUT2D eigenvalue weighted by molar-refractivity contribution is 7.09. The van der Waals surface area contributed by atoms with Crippen molar-refractivity contribution in [1.29, 1.82) is 0 Å². The van der Waals surface area contributed by atoms with Gasteiger partial charge in [0.2, 0.25) is 5.91 Å². The number of aliphatic hydroxyl groups excluding tert-OH is 1. The van der Waals surface area contributed by atoms with E-state index in [0.29, 0.717) is 13.0 Å². The van der Waals surface area contributed by atoms with Gasteiger partial charge in [0.1, 0.15) is 0 Å². The Morgan fingerprint density at radius 2 is 2.14 bits per heavy atom. The van der Waals surface area contributed by atoms with Crippen LogP contribution in [0.1, 0.15) is 51.2 Å². The molecule has 21 heavy (non-hydrogen) atoms. The molecule has 1 aromatic heterocycles. The Hall–Kier alpha value is -0.940. The van der Waals surface area contributed by atoms with Crippen LogP contribution in [0.3, 0.4) is 0 Å². The summed E-state index contributed by atoms with van der Waals surface area (Å²) in [7, 11) is 0. The molecule has 0 fully saturated rings. The summed E-state index contributed by atoms with van der Waals surface area (Å²) in [6.07, 6.45) is 1.73. The molecule has 0 aliphatic heterocycles. The highest BCUT2D eigenvalue weighted by Gasteiger charge is 2.30. The third-order valence-corrected chi connectivity index (χ3v) is 4.50. The topological polar surface area (TPSA) is 62.2 Å². The summed E-state index contributed by atoms with van der Waals surface area (Å²) in [5, 5.41) is 16.2. The summed E-state index contributed by atoms with van der Waals surface area (Å²) in [5.74, 6) is 0.232. The first-order valence-corrected chi connectivity index (χ1v) is 8.46. The quantitative estimate of drug-likeness (QED) is 0.776. The number of thiazole rings is 1. The molecule has 0 bridgehead atoms. The summed E-state index contributed by atoms with van der Waals surface area (Å²) < 4.78 is 0. The predicted molar refractivity (Wildman–Crippen MR) is 87.4 cm³/mol. The maximum atomic E-state index is 11.9. The average Bonchev–Trinajstić information content (AvgIpc) is 2.81. The van der Waals surface area contributed by atoms with E-state index in [2.05, 4.69) is 15.7 Å². The van der Waals surface area contributed by atoms with Gasteiger partial charge in [-0.25, -0.2) is 4.98 Å². The van der Waals surface area contributed by atoms with E-state index in [4.69, 9.17) is 0 Å². The molecule has 1 heterocycles. The lowest BCUT2D eigenvalue weighted by Crippen LogP contribution is -2.43. The van der Waals surface area contributed by atoms with Crippen LogP contribution in [0, 0.1) is 18.3 Å². The maximum Gasteiger partial charge on any atom is 0.220 e. The largest absolute Gasteiger partial charge is 0.392 e. The normalized spacial score (nSPS) is 13.5. The molecule has 0 spiro atoms. The van der Waals surface area contributed by atoms with E-state index in [1.165, 1.54) is 0 Å². The molecular formula is C16H28N2O2S. The SMILES string of the molecule is Cc1nc(CCCC(=O)NCC(C)(C)C(O)C(C)C)cs1. The van der Waals surface area contributed by atoms with Gasteiger partial charge in [0.25, 0.3) is 0 Å². The molecule has 0 aliphatic carbocycles. The van der Waals surface area contributed by atoms with Crippen LogP contribution >= 0.6 is 11.3 Å². The number of rotatable bonds is 8. The lowest BCUT2D eigenvalue weighted by atomic mass is 9.80. The van der Waals surface area contributed by atoms with E-state index >= 15 is 0 Å². The van der Waals surface area contributed by atoms with Gasteiger partial charge in [0.15, 0.2) is 0 Å². The molecule has 1 rings (SSSR count). The summed E-state index contributed by atoms with van der Waals surface area (Å²) >= 11 is 1.64. The number of aliphatic hydroxyl groups is 1. The number of aromatic nitrogens is 1. The molecule has 5 heteroatoms. The second-order valence-corrected chi connectivity index (χ2v) is 7.73. The fraction of sp³-hybridized carbons (Fsp3) is 0.750. The fourth-order valence-corrected chi connectivity index (χ4v) is 3.02. The molecule has 1 atom stereocenters. The van der Waals surface area contributed by atoms with Crippen LogP contribution in [-0.2, 0) is 11.2 Å². The van der Waals surface area contributed by atoms with E-state index in [1.54, 1.807) is 11.3 Å². The van der Waals surface area contributed by atoms with Gasteiger partial charge in [-0.1, -0.05) is 27.7 Å². The third-order valence-electron chi connectivity index (χ3n) is 3.68. The number of aryl methyl sites for hydroxylation is 2. The van der Waals surface area contributed by atoms with Crippen LogP contribution in [-0.4, -0.2) is 28.6 Å². The number of hydrogen-bond donors (Lipinski definition) is 2. The van der Waals surface area contributed by atoms with Crippen LogP contribution in [0.4, 0.5) is 0 Å². The second-order valence-electron chi connectivity index (χ2n) is 6.67. The van der Waals surface area contributed by atoms with Crippen molar-refractivity contribution in [2.75, 3.05) is 6.54 Å². The average molecular weight is 312 g/mol. The molecule has 4 nitrogen and oxygen atoms in total. The van der Waals surface area contributed by atoms with Gasteiger partial charge in [-0.3, -0.25) is 4.79 Å². The van der Waals surface area contributed by atoms with Crippen molar-refractivity contribution in [3.63, 3.8) is 0 Å². The van der Waals surface area contributed by atoms with Crippen LogP contribution < -0.4 is 5.32 Å². The van der Waals surface area contributed by atoms with Gasteiger partial charge in [-0.15, -0.1) is 11.3 Å². The monoisotopic (exact) mass is 312 g/mol. The standard InChI is InChI=1S/C16H28N2O2S/c1-11(2)15(20)16(4,5)10-17-14(19)8-6-7-13-9-21-12(3)18-13/h9,11,15,20H,6-8,10H2,1-5H3,(H,17,19).